The van der Waals surface area contributed by atoms with E-state index >= 15 is 0 Å². The predicted octanol–water partition coefficient (Wildman–Crippen LogP) is 6.22. The van der Waals surface area contributed by atoms with Gasteiger partial charge in [-0.05, 0) is 36.3 Å². The van der Waals surface area contributed by atoms with E-state index in [1.165, 1.54) is 5.56 Å². The van der Waals surface area contributed by atoms with Crippen molar-refractivity contribution in [2.75, 3.05) is 5.43 Å². The van der Waals surface area contributed by atoms with E-state index in [1.807, 2.05) is 54.6 Å². The zero-order valence-corrected chi connectivity index (χ0v) is 15.8. The summed E-state index contributed by atoms with van der Waals surface area (Å²) >= 11 is 1.60. The van der Waals surface area contributed by atoms with Gasteiger partial charge in [0.2, 0.25) is 5.13 Å². The lowest BCUT2D eigenvalue weighted by molar-refractivity contribution is 1.30. The number of hydrogen-bond donors (Lipinski definition) is 1. The standard InChI is InChI=1S/C23H19N3S/c1-17(18-10-4-2-5-11-18)16-21(19-12-6-3-7-13-19)25-26-23-24-20-14-8-9-15-22(20)27-23/h2-16H,1H3,(H,24,26)/b17-16-,25-21-. The Kier molecular flexibility index (Phi) is 5.08. The average Bonchev–Trinajstić information content (AvgIpc) is 3.15. The SMILES string of the molecule is C/C(=C/C(=N/Nc1nc2ccccc2s1)c1ccccc1)c1ccccc1. The van der Waals surface area contributed by atoms with Gasteiger partial charge in [-0.2, -0.15) is 5.10 Å². The molecule has 0 unspecified atom stereocenters. The van der Waals surface area contributed by atoms with E-state index in [0.29, 0.717) is 0 Å². The van der Waals surface area contributed by atoms with Crippen LogP contribution in [0.5, 0.6) is 0 Å². The molecule has 4 heteroatoms. The van der Waals surface area contributed by atoms with E-state index < -0.39 is 0 Å². The summed E-state index contributed by atoms with van der Waals surface area (Å²) in [5.74, 6) is 0. The van der Waals surface area contributed by atoms with E-state index in [9.17, 15) is 0 Å². The van der Waals surface area contributed by atoms with Crippen molar-refractivity contribution in [2.45, 2.75) is 6.92 Å². The Bertz CT molecular complexity index is 1060. The fourth-order valence-electron chi connectivity index (χ4n) is 2.81. The third kappa shape index (κ3) is 4.13. The van der Waals surface area contributed by atoms with E-state index in [4.69, 9.17) is 0 Å². The first kappa shape index (κ1) is 17.2. The molecule has 4 aromatic rings. The average molecular weight is 369 g/mol. The number of hydrogen-bond acceptors (Lipinski definition) is 4. The van der Waals surface area contributed by atoms with Gasteiger partial charge in [0.05, 0.1) is 15.9 Å². The molecule has 0 radical (unpaired) electrons. The summed E-state index contributed by atoms with van der Waals surface area (Å²) in [4.78, 5) is 4.60. The lowest BCUT2D eigenvalue weighted by Crippen LogP contribution is -2.02. The molecule has 27 heavy (non-hydrogen) atoms. The van der Waals surface area contributed by atoms with Crippen LogP contribution >= 0.6 is 11.3 Å². The molecule has 3 aromatic carbocycles. The molecule has 1 N–H and O–H groups in total. The first-order valence-corrected chi connectivity index (χ1v) is 9.60. The highest BCUT2D eigenvalue weighted by Crippen LogP contribution is 2.25. The van der Waals surface area contributed by atoms with Crippen molar-refractivity contribution in [3.05, 3.63) is 102 Å². The number of fused-ring (bicyclic) bond motifs is 1. The molecule has 0 aliphatic rings. The first-order valence-electron chi connectivity index (χ1n) is 8.78. The summed E-state index contributed by atoms with van der Waals surface area (Å²) in [5, 5.41) is 5.45. The molecule has 1 aromatic heterocycles. The van der Waals surface area contributed by atoms with E-state index in [2.05, 4.69) is 58.8 Å². The Balaban J connectivity index is 1.68. The van der Waals surface area contributed by atoms with Crippen molar-refractivity contribution < 1.29 is 0 Å². The summed E-state index contributed by atoms with van der Waals surface area (Å²) in [5.41, 5.74) is 8.39. The topological polar surface area (TPSA) is 37.3 Å². The highest BCUT2D eigenvalue weighted by Gasteiger charge is 2.05. The molecular weight excluding hydrogens is 350 g/mol. The Morgan fingerprint density at radius 3 is 2.19 bits per heavy atom. The second-order valence-corrected chi connectivity index (χ2v) is 7.19. The Morgan fingerprint density at radius 1 is 0.852 bits per heavy atom. The molecule has 1 heterocycles. The summed E-state index contributed by atoms with van der Waals surface area (Å²) in [6, 6.07) is 28.6. The maximum Gasteiger partial charge on any atom is 0.204 e. The monoisotopic (exact) mass is 369 g/mol. The lowest BCUT2D eigenvalue weighted by Gasteiger charge is -2.06. The highest BCUT2D eigenvalue weighted by atomic mass is 32.1. The molecule has 3 nitrogen and oxygen atoms in total. The zero-order chi connectivity index (χ0) is 18.5. The van der Waals surface area contributed by atoms with Gasteiger partial charge in [-0.15, -0.1) is 0 Å². The highest BCUT2D eigenvalue weighted by molar-refractivity contribution is 7.22. The molecule has 0 amide bonds. The molecule has 0 fully saturated rings. The van der Waals surface area contributed by atoms with Crippen LogP contribution in [0.3, 0.4) is 0 Å². The normalized spacial score (nSPS) is 12.3. The third-order valence-corrected chi connectivity index (χ3v) is 5.16. The zero-order valence-electron chi connectivity index (χ0n) is 15.0. The molecule has 4 rings (SSSR count). The maximum absolute atomic E-state index is 4.66. The number of nitrogens with zero attached hydrogens (tertiary/aromatic N) is 2. The van der Waals surface area contributed by atoms with E-state index in [-0.39, 0.29) is 0 Å². The maximum atomic E-state index is 4.66. The second-order valence-electron chi connectivity index (χ2n) is 6.15. The minimum absolute atomic E-state index is 0.787. The number of hydrazone groups is 1. The Hall–Kier alpha value is -3.24. The van der Waals surface area contributed by atoms with Gasteiger partial charge in [0, 0.05) is 5.56 Å². The lowest BCUT2D eigenvalue weighted by atomic mass is 10.0. The van der Waals surface area contributed by atoms with Crippen molar-refractivity contribution in [3.8, 4) is 0 Å². The number of rotatable bonds is 5. The largest absolute Gasteiger partial charge is 0.252 e. The van der Waals surface area contributed by atoms with Gasteiger partial charge in [-0.3, -0.25) is 5.43 Å². The fraction of sp³-hybridized carbons (Fsp3) is 0.0435. The predicted molar refractivity (Wildman–Crippen MR) is 116 cm³/mol. The molecule has 0 saturated carbocycles. The van der Waals surface area contributed by atoms with E-state index in [0.717, 1.165) is 32.2 Å². The van der Waals surface area contributed by atoms with Gasteiger partial charge in [-0.25, -0.2) is 4.98 Å². The molecular formula is C23H19N3S. The van der Waals surface area contributed by atoms with Crippen molar-refractivity contribution in [1.29, 1.82) is 0 Å². The molecule has 0 aliphatic carbocycles. The quantitative estimate of drug-likeness (QED) is 0.335. The number of allylic oxidation sites excluding steroid dienone is 2. The Labute approximate surface area is 162 Å². The second kappa shape index (κ2) is 7.98. The van der Waals surface area contributed by atoms with Gasteiger partial charge in [0.25, 0.3) is 0 Å². The number of para-hydroxylation sites is 1. The molecule has 0 saturated heterocycles. The van der Waals surface area contributed by atoms with Crippen molar-refractivity contribution in [1.82, 2.24) is 4.98 Å². The van der Waals surface area contributed by atoms with Gasteiger partial charge >= 0.3 is 0 Å². The minimum Gasteiger partial charge on any atom is -0.252 e. The third-order valence-electron chi connectivity index (χ3n) is 4.22. The van der Waals surface area contributed by atoms with Crippen LogP contribution in [0.25, 0.3) is 15.8 Å². The van der Waals surface area contributed by atoms with Crippen LogP contribution in [0, 0.1) is 0 Å². The summed E-state index contributed by atoms with van der Waals surface area (Å²) in [7, 11) is 0. The van der Waals surface area contributed by atoms with Gasteiger partial charge in [0.15, 0.2) is 0 Å². The summed E-state index contributed by atoms with van der Waals surface area (Å²) in [6.07, 6.45) is 2.10. The molecule has 0 bridgehead atoms. The smallest absolute Gasteiger partial charge is 0.204 e. The van der Waals surface area contributed by atoms with E-state index in [1.54, 1.807) is 11.3 Å². The number of thiazole rings is 1. The van der Waals surface area contributed by atoms with Crippen molar-refractivity contribution >= 4 is 38.0 Å². The number of aromatic nitrogens is 1. The van der Waals surface area contributed by atoms with Crippen LogP contribution in [-0.4, -0.2) is 10.7 Å². The van der Waals surface area contributed by atoms with Crippen molar-refractivity contribution in [2.24, 2.45) is 5.10 Å². The van der Waals surface area contributed by atoms with Crippen LogP contribution in [0.1, 0.15) is 18.1 Å². The van der Waals surface area contributed by atoms with Crippen molar-refractivity contribution in [3.63, 3.8) is 0 Å². The number of nitrogens with one attached hydrogen (secondary N) is 1. The molecule has 0 spiro atoms. The Morgan fingerprint density at radius 2 is 1.48 bits per heavy atom. The van der Waals surface area contributed by atoms with Crippen LogP contribution in [0.15, 0.2) is 96.1 Å². The van der Waals surface area contributed by atoms with Gasteiger partial charge in [-0.1, -0.05) is 84.1 Å². The van der Waals surface area contributed by atoms with Gasteiger partial charge < -0.3 is 0 Å². The number of benzene rings is 3. The minimum atomic E-state index is 0.787. The van der Waals surface area contributed by atoms with Gasteiger partial charge in [0.1, 0.15) is 0 Å². The molecule has 0 aliphatic heterocycles. The molecule has 132 valence electrons. The number of anilines is 1. The first-order chi connectivity index (χ1) is 13.3. The fourth-order valence-corrected chi connectivity index (χ4v) is 3.62. The van der Waals surface area contributed by atoms with Crippen LogP contribution < -0.4 is 5.43 Å². The molecule has 0 atom stereocenters. The summed E-state index contributed by atoms with van der Waals surface area (Å²) in [6.45, 7) is 2.10. The summed E-state index contributed by atoms with van der Waals surface area (Å²) < 4.78 is 1.15. The van der Waals surface area contributed by atoms with Crippen LogP contribution in [-0.2, 0) is 0 Å². The van der Waals surface area contributed by atoms with Crippen LogP contribution in [0.4, 0.5) is 5.13 Å². The van der Waals surface area contributed by atoms with Crippen LogP contribution in [0.2, 0.25) is 0 Å².